The number of esters is 1. The van der Waals surface area contributed by atoms with E-state index in [0.717, 1.165) is 10.6 Å². The molecule has 0 spiro atoms. The molecule has 2 aromatic rings. The van der Waals surface area contributed by atoms with E-state index in [4.69, 9.17) is 14.2 Å². The summed E-state index contributed by atoms with van der Waals surface area (Å²) in [6.45, 7) is -0.456. The van der Waals surface area contributed by atoms with Crippen molar-refractivity contribution >= 4 is 40.9 Å². The smallest absolute Gasteiger partial charge is 0.307 e. The highest BCUT2D eigenvalue weighted by molar-refractivity contribution is 8.01. The molecule has 1 aliphatic rings. The van der Waals surface area contributed by atoms with Gasteiger partial charge in [0.25, 0.3) is 5.91 Å². The van der Waals surface area contributed by atoms with Crippen LogP contribution >= 0.6 is 11.8 Å². The van der Waals surface area contributed by atoms with Gasteiger partial charge in [0.15, 0.2) is 18.1 Å². The Morgan fingerprint density at radius 1 is 1.10 bits per heavy atom. The number of thioether (sulfide) groups is 1. The van der Waals surface area contributed by atoms with Crippen molar-refractivity contribution in [1.82, 2.24) is 0 Å². The molecule has 0 fully saturated rings. The third kappa shape index (κ3) is 5.20. The maximum absolute atomic E-state index is 12.1. The number of carbonyl (C=O) groups excluding carboxylic acids is 3. The van der Waals surface area contributed by atoms with Gasteiger partial charge in [0, 0.05) is 16.6 Å². The predicted molar refractivity (Wildman–Crippen MR) is 108 cm³/mol. The quantitative estimate of drug-likeness (QED) is 0.669. The molecule has 0 unspecified atom stereocenters. The lowest BCUT2D eigenvalue weighted by molar-refractivity contribution is -0.147. The van der Waals surface area contributed by atoms with Crippen LogP contribution in [0, 0.1) is 0 Å². The van der Waals surface area contributed by atoms with Crippen molar-refractivity contribution in [3.63, 3.8) is 0 Å². The molecule has 1 heterocycles. The van der Waals surface area contributed by atoms with Gasteiger partial charge in [-0.25, -0.2) is 0 Å². The number of amides is 2. The summed E-state index contributed by atoms with van der Waals surface area (Å²) in [6, 6.07) is 12.2. The van der Waals surface area contributed by atoms with E-state index in [2.05, 4.69) is 10.6 Å². The predicted octanol–water partition coefficient (Wildman–Crippen LogP) is 2.69. The third-order valence-corrected chi connectivity index (χ3v) is 5.37. The van der Waals surface area contributed by atoms with Crippen molar-refractivity contribution in [3.8, 4) is 11.5 Å². The van der Waals surface area contributed by atoms with Crippen LogP contribution in [-0.4, -0.2) is 43.9 Å². The Morgan fingerprint density at radius 2 is 1.86 bits per heavy atom. The third-order valence-electron chi connectivity index (χ3n) is 4.09. The van der Waals surface area contributed by atoms with Gasteiger partial charge in [0.1, 0.15) is 0 Å². The number of ether oxygens (including phenoxy) is 3. The van der Waals surface area contributed by atoms with Crippen LogP contribution in [0.25, 0.3) is 0 Å². The van der Waals surface area contributed by atoms with E-state index in [1.165, 1.54) is 26.0 Å². The highest BCUT2D eigenvalue weighted by Crippen LogP contribution is 2.36. The summed E-state index contributed by atoms with van der Waals surface area (Å²) < 4.78 is 15.3. The number of methoxy groups -OCH3 is 2. The molecular formula is C20H20N2O6S. The molecule has 0 saturated heterocycles. The lowest BCUT2D eigenvalue weighted by Crippen LogP contribution is -2.32. The van der Waals surface area contributed by atoms with Crippen LogP contribution in [0.15, 0.2) is 47.4 Å². The molecule has 2 amide bonds. The maximum atomic E-state index is 12.1. The highest BCUT2D eigenvalue weighted by Gasteiger charge is 2.29. The average molecular weight is 416 g/mol. The number of hydrogen-bond acceptors (Lipinski definition) is 7. The summed E-state index contributed by atoms with van der Waals surface area (Å²) in [5.41, 5.74) is 1.20. The molecule has 9 heteroatoms. The molecule has 29 heavy (non-hydrogen) atoms. The maximum Gasteiger partial charge on any atom is 0.307 e. The molecule has 152 valence electrons. The lowest BCUT2D eigenvalue weighted by Gasteiger charge is -2.23. The van der Waals surface area contributed by atoms with Gasteiger partial charge < -0.3 is 24.8 Å². The van der Waals surface area contributed by atoms with E-state index in [1.54, 1.807) is 24.3 Å². The minimum Gasteiger partial charge on any atom is -0.493 e. The topological polar surface area (TPSA) is 103 Å². The molecule has 3 rings (SSSR count). The molecule has 1 aliphatic heterocycles. The van der Waals surface area contributed by atoms with E-state index < -0.39 is 23.7 Å². The molecular weight excluding hydrogens is 396 g/mol. The molecule has 0 aromatic heterocycles. The minimum absolute atomic E-state index is 0.130. The number of rotatable bonds is 7. The Kier molecular flexibility index (Phi) is 6.61. The Labute approximate surface area is 171 Å². The minimum atomic E-state index is -0.625. The zero-order chi connectivity index (χ0) is 20.8. The molecule has 2 aromatic carbocycles. The number of benzene rings is 2. The van der Waals surface area contributed by atoms with Gasteiger partial charge in [0.05, 0.1) is 31.6 Å². The van der Waals surface area contributed by atoms with Crippen molar-refractivity contribution in [2.45, 2.75) is 16.6 Å². The van der Waals surface area contributed by atoms with Crippen molar-refractivity contribution in [2.75, 3.05) is 31.5 Å². The first-order valence-electron chi connectivity index (χ1n) is 8.74. The van der Waals surface area contributed by atoms with Crippen LogP contribution in [0.1, 0.15) is 6.42 Å². The van der Waals surface area contributed by atoms with Crippen LogP contribution in [0.5, 0.6) is 11.5 Å². The highest BCUT2D eigenvalue weighted by atomic mass is 32.2. The van der Waals surface area contributed by atoms with Gasteiger partial charge in [-0.05, 0) is 24.3 Å². The van der Waals surface area contributed by atoms with Gasteiger partial charge in [-0.1, -0.05) is 12.1 Å². The zero-order valence-electron chi connectivity index (χ0n) is 15.9. The second-order valence-corrected chi connectivity index (χ2v) is 7.32. The normalized spacial score (nSPS) is 15.0. The monoisotopic (exact) mass is 416 g/mol. The van der Waals surface area contributed by atoms with E-state index in [0.29, 0.717) is 17.2 Å². The molecule has 8 nitrogen and oxygen atoms in total. The van der Waals surface area contributed by atoms with Crippen molar-refractivity contribution in [3.05, 3.63) is 42.5 Å². The molecule has 0 aliphatic carbocycles. The van der Waals surface area contributed by atoms with Crippen LogP contribution < -0.4 is 20.1 Å². The second-order valence-electron chi connectivity index (χ2n) is 6.07. The van der Waals surface area contributed by atoms with Gasteiger partial charge >= 0.3 is 5.97 Å². The van der Waals surface area contributed by atoms with Crippen LogP contribution in [0.2, 0.25) is 0 Å². The Hall–Kier alpha value is -3.20. The number of carbonyl (C=O) groups is 3. The summed E-state index contributed by atoms with van der Waals surface area (Å²) in [7, 11) is 3.00. The van der Waals surface area contributed by atoms with E-state index in [9.17, 15) is 14.4 Å². The summed E-state index contributed by atoms with van der Waals surface area (Å²) >= 11 is 1.30. The summed E-state index contributed by atoms with van der Waals surface area (Å²) in [4.78, 5) is 37.2. The van der Waals surface area contributed by atoms with Crippen molar-refractivity contribution < 1.29 is 28.6 Å². The molecule has 2 N–H and O–H groups in total. The van der Waals surface area contributed by atoms with Gasteiger partial charge in [-0.15, -0.1) is 11.8 Å². The Balaban J connectivity index is 1.49. The van der Waals surface area contributed by atoms with Crippen LogP contribution in [0.4, 0.5) is 11.4 Å². The van der Waals surface area contributed by atoms with Gasteiger partial charge in [0.2, 0.25) is 5.91 Å². The van der Waals surface area contributed by atoms with Crippen LogP contribution in [0.3, 0.4) is 0 Å². The number of para-hydroxylation sites is 1. The van der Waals surface area contributed by atoms with Crippen LogP contribution in [-0.2, 0) is 19.1 Å². The fraction of sp³-hybridized carbons (Fsp3) is 0.250. The van der Waals surface area contributed by atoms with Gasteiger partial charge in [-0.3, -0.25) is 14.4 Å². The van der Waals surface area contributed by atoms with Crippen molar-refractivity contribution in [1.29, 1.82) is 0 Å². The fourth-order valence-electron chi connectivity index (χ4n) is 2.69. The van der Waals surface area contributed by atoms with E-state index >= 15 is 0 Å². The first kappa shape index (κ1) is 20.5. The standard InChI is InChI=1S/C20H20N2O6S/c1-26-14-8-7-12(9-15(14)27-2)21-18(23)11-28-19(24)10-17-20(25)22-13-5-3-4-6-16(13)29-17/h3-9,17H,10-11H2,1-2H3,(H,21,23)(H,22,25)/t17-/m0/s1. The summed E-state index contributed by atoms with van der Waals surface area (Å²) in [6.07, 6.45) is -0.130. The fourth-order valence-corrected chi connectivity index (χ4v) is 3.79. The number of anilines is 2. The summed E-state index contributed by atoms with van der Waals surface area (Å²) in [5.74, 6) is -0.402. The largest absolute Gasteiger partial charge is 0.493 e. The van der Waals surface area contributed by atoms with Gasteiger partial charge in [-0.2, -0.15) is 0 Å². The molecule has 1 atom stereocenters. The molecule has 0 saturated carbocycles. The molecule has 0 bridgehead atoms. The lowest BCUT2D eigenvalue weighted by atomic mass is 10.2. The number of nitrogens with one attached hydrogen (secondary N) is 2. The first-order chi connectivity index (χ1) is 14.0. The van der Waals surface area contributed by atoms with E-state index in [1.807, 2.05) is 18.2 Å². The second kappa shape index (κ2) is 9.33. The summed E-state index contributed by atoms with van der Waals surface area (Å²) in [5, 5.41) is 4.77. The zero-order valence-corrected chi connectivity index (χ0v) is 16.7. The Morgan fingerprint density at radius 3 is 2.62 bits per heavy atom. The average Bonchev–Trinajstić information content (AvgIpc) is 2.72. The van der Waals surface area contributed by atoms with Crippen molar-refractivity contribution in [2.24, 2.45) is 0 Å². The number of fused-ring (bicyclic) bond motifs is 1. The molecule has 0 radical (unpaired) electrons. The first-order valence-corrected chi connectivity index (χ1v) is 9.62. The Bertz CT molecular complexity index is 933. The van der Waals surface area contributed by atoms with E-state index in [-0.39, 0.29) is 12.3 Å². The SMILES string of the molecule is COc1ccc(NC(=O)COC(=O)C[C@@H]2Sc3ccccc3NC2=O)cc1OC. The number of hydrogen-bond donors (Lipinski definition) is 2.